The first-order chi connectivity index (χ1) is 9.20. The minimum atomic E-state index is 0.192. The number of guanidine groups is 1. The minimum Gasteiger partial charge on any atom is -0.359 e. The molecule has 3 nitrogen and oxygen atoms in total. The number of nitrogens with one attached hydrogen (secondary N) is 2. The highest BCUT2D eigenvalue weighted by Gasteiger charge is 2.35. The van der Waals surface area contributed by atoms with E-state index in [4.69, 9.17) is 11.6 Å². The normalized spacial score (nSPS) is 18.4. The van der Waals surface area contributed by atoms with Crippen LogP contribution in [0.3, 0.4) is 0 Å². The van der Waals surface area contributed by atoms with Crippen LogP contribution < -0.4 is 10.6 Å². The molecule has 0 bridgehead atoms. The molecule has 0 heterocycles. The Morgan fingerprint density at radius 1 is 1.37 bits per heavy atom. The molecule has 2 rings (SSSR count). The number of rotatable bonds is 3. The van der Waals surface area contributed by atoms with Crippen LogP contribution >= 0.6 is 11.6 Å². The highest BCUT2D eigenvalue weighted by atomic mass is 35.5. The summed E-state index contributed by atoms with van der Waals surface area (Å²) in [4.78, 5) is 4.18. The Labute approximate surface area is 120 Å². The van der Waals surface area contributed by atoms with Crippen molar-refractivity contribution in [3.63, 3.8) is 0 Å². The SMILES string of the molecule is CN=C(NC)NCC1(c2cccc(Cl)c2)CCCC1. The Morgan fingerprint density at radius 2 is 2.11 bits per heavy atom. The van der Waals surface area contributed by atoms with Gasteiger partial charge in [-0.15, -0.1) is 0 Å². The highest BCUT2D eigenvalue weighted by molar-refractivity contribution is 6.30. The fourth-order valence-corrected chi connectivity index (χ4v) is 3.16. The summed E-state index contributed by atoms with van der Waals surface area (Å²) < 4.78 is 0. The highest BCUT2D eigenvalue weighted by Crippen LogP contribution is 2.41. The van der Waals surface area contributed by atoms with Gasteiger partial charge in [0.05, 0.1) is 0 Å². The van der Waals surface area contributed by atoms with Gasteiger partial charge in [-0.25, -0.2) is 0 Å². The molecule has 0 saturated heterocycles. The molecule has 0 amide bonds. The molecule has 4 heteroatoms. The second-order valence-electron chi connectivity index (χ2n) is 5.17. The van der Waals surface area contributed by atoms with E-state index in [-0.39, 0.29) is 5.41 Å². The largest absolute Gasteiger partial charge is 0.359 e. The summed E-state index contributed by atoms with van der Waals surface area (Å²) in [5, 5.41) is 7.31. The average molecular weight is 280 g/mol. The first-order valence-electron chi connectivity index (χ1n) is 6.85. The van der Waals surface area contributed by atoms with Gasteiger partial charge in [0.15, 0.2) is 5.96 Å². The van der Waals surface area contributed by atoms with Crippen LogP contribution in [0.25, 0.3) is 0 Å². The van der Waals surface area contributed by atoms with Gasteiger partial charge in [-0.3, -0.25) is 4.99 Å². The van der Waals surface area contributed by atoms with Gasteiger partial charge in [0.2, 0.25) is 0 Å². The third kappa shape index (κ3) is 3.21. The molecule has 1 aromatic carbocycles. The van der Waals surface area contributed by atoms with Crippen molar-refractivity contribution in [1.29, 1.82) is 0 Å². The lowest BCUT2D eigenvalue weighted by Gasteiger charge is -2.30. The first kappa shape index (κ1) is 14.2. The van der Waals surface area contributed by atoms with E-state index in [1.54, 1.807) is 7.05 Å². The zero-order valence-corrected chi connectivity index (χ0v) is 12.4. The van der Waals surface area contributed by atoms with Crippen LogP contribution in [0.15, 0.2) is 29.3 Å². The zero-order chi connectivity index (χ0) is 13.7. The van der Waals surface area contributed by atoms with Crippen LogP contribution in [-0.2, 0) is 5.41 Å². The molecule has 0 aliphatic heterocycles. The summed E-state index contributed by atoms with van der Waals surface area (Å²) in [5.74, 6) is 0.841. The smallest absolute Gasteiger partial charge is 0.190 e. The number of aliphatic imine (C=N–C) groups is 1. The molecular weight excluding hydrogens is 258 g/mol. The van der Waals surface area contributed by atoms with E-state index >= 15 is 0 Å². The summed E-state index contributed by atoms with van der Waals surface area (Å²) in [6, 6.07) is 8.29. The monoisotopic (exact) mass is 279 g/mol. The fraction of sp³-hybridized carbons (Fsp3) is 0.533. The third-order valence-electron chi connectivity index (χ3n) is 4.05. The molecule has 104 valence electrons. The maximum atomic E-state index is 6.15. The molecule has 1 aromatic rings. The fourth-order valence-electron chi connectivity index (χ4n) is 2.97. The summed E-state index contributed by atoms with van der Waals surface area (Å²) in [6.07, 6.45) is 4.99. The molecule has 0 atom stereocenters. The molecule has 0 radical (unpaired) electrons. The molecule has 0 aromatic heterocycles. The van der Waals surface area contributed by atoms with E-state index in [0.717, 1.165) is 17.5 Å². The van der Waals surface area contributed by atoms with Gasteiger partial charge >= 0.3 is 0 Å². The van der Waals surface area contributed by atoms with Crippen molar-refractivity contribution in [3.8, 4) is 0 Å². The van der Waals surface area contributed by atoms with Gasteiger partial charge < -0.3 is 10.6 Å². The standard InChI is InChI=1S/C15H22ClN3/c1-17-14(18-2)19-11-15(8-3-4-9-15)12-6-5-7-13(16)10-12/h5-7,10H,3-4,8-9,11H2,1-2H3,(H2,17,18,19). The van der Waals surface area contributed by atoms with E-state index in [9.17, 15) is 0 Å². The lowest BCUT2D eigenvalue weighted by atomic mass is 9.79. The molecule has 1 saturated carbocycles. The molecular formula is C15H22ClN3. The van der Waals surface area contributed by atoms with Gasteiger partial charge in [0.1, 0.15) is 0 Å². The van der Waals surface area contributed by atoms with Crippen molar-refractivity contribution in [2.75, 3.05) is 20.6 Å². The Hall–Kier alpha value is -1.22. The van der Waals surface area contributed by atoms with Crippen molar-refractivity contribution in [1.82, 2.24) is 10.6 Å². The Balaban J connectivity index is 2.18. The molecule has 19 heavy (non-hydrogen) atoms. The number of halogens is 1. The predicted octanol–water partition coefficient (Wildman–Crippen LogP) is 2.95. The van der Waals surface area contributed by atoms with E-state index in [2.05, 4.69) is 27.8 Å². The Morgan fingerprint density at radius 3 is 2.68 bits per heavy atom. The number of hydrogen-bond acceptors (Lipinski definition) is 1. The quantitative estimate of drug-likeness (QED) is 0.659. The van der Waals surface area contributed by atoms with Gasteiger partial charge in [0.25, 0.3) is 0 Å². The van der Waals surface area contributed by atoms with Crippen LogP contribution in [0.1, 0.15) is 31.2 Å². The van der Waals surface area contributed by atoms with Gasteiger partial charge in [-0.1, -0.05) is 36.6 Å². The summed E-state index contributed by atoms with van der Waals surface area (Å²) in [7, 11) is 3.68. The second kappa shape index (κ2) is 6.29. The maximum Gasteiger partial charge on any atom is 0.190 e. The molecule has 2 N–H and O–H groups in total. The molecule has 1 fully saturated rings. The first-order valence-corrected chi connectivity index (χ1v) is 7.22. The predicted molar refractivity (Wildman–Crippen MR) is 82.0 cm³/mol. The Kier molecular flexibility index (Phi) is 4.70. The number of hydrogen-bond donors (Lipinski definition) is 2. The molecule has 0 unspecified atom stereocenters. The van der Waals surface area contributed by atoms with E-state index in [1.165, 1.54) is 31.2 Å². The summed E-state index contributed by atoms with van der Waals surface area (Å²) >= 11 is 6.15. The van der Waals surface area contributed by atoms with Crippen molar-refractivity contribution < 1.29 is 0 Å². The van der Waals surface area contributed by atoms with Crippen LogP contribution in [0.5, 0.6) is 0 Å². The number of nitrogens with zero attached hydrogens (tertiary/aromatic N) is 1. The van der Waals surface area contributed by atoms with Crippen LogP contribution in [-0.4, -0.2) is 26.6 Å². The number of benzene rings is 1. The average Bonchev–Trinajstić information content (AvgIpc) is 2.90. The zero-order valence-electron chi connectivity index (χ0n) is 11.7. The molecule has 1 aliphatic carbocycles. The van der Waals surface area contributed by atoms with Crippen molar-refractivity contribution in [2.45, 2.75) is 31.1 Å². The van der Waals surface area contributed by atoms with E-state index < -0.39 is 0 Å². The maximum absolute atomic E-state index is 6.15. The summed E-state index contributed by atoms with van der Waals surface area (Å²) in [5.41, 5.74) is 1.54. The van der Waals surface area contributed by atoms with Gasteiger partial charge in [0, 0.05) is 31.1 Å². The van der Waals surface area contributed by atoms with Crippen LogP contribution in [0, 0.1) is 0 Å². The van der Waals surface area contributed by atoms with Crippen molar-refractivity contribution >= 4 is 17.6 Å². The summed E-state index contributed by atoms with van der Waals surface area (Å²) in [6.45, 7) is 0.904. The van der Waals surface area contributed by atoms with Gasteiger partial charge in [-0.2, -0.15) is 0 Å². The third-order valence-corrected chi connectivity index (χ3v) is 4.29. The second-order valence-corrected chi connectivity index (χ2v) is 5.61. The topological polar surface area (TPSA) is 36.4 Å². The molecule has 1 aliphatic rings. The van der Waals surface area contributed by atoms with Gasteiger partial charge in [-0.05, 0) is 30.5 Å². The van der Waals surface area contributed by atoms with Crippen molar-refractivity contribution in [2.24, 2.45) is 4.99 Å². The van der Waals surface area contributed by atoms with Crippen LogP contribution in [0.2, 0.25) is 5.02 Å². The minimum absolute atomic E-state index is 0.192. The van der Waals surface area contributed by atoms with Crippen molar-refractivity contribution in [3.05, 3.63) is 34.9 Å². The Bertz CT molecular complexity index is 450. The lowest BCUT2D eigenvalue weighted by Crippen LogP contribution is -2.43. The van der Waals surface area contributed by atoms with Crippen LogP contribution in [0.4, 0.5) is 0 Å². The van der Waals surface area contributed by atoms with E-state index in [0.29, 0.717) is 0 Å². The molecule has 0 spiro atoms. The van der Waals surface area contributed by atoms with E-state index in [1.807, 2.05) is 19.2 Å². The lowest BCUT2D eigenvalue weighted by molar-refractivity contribution is 0.432.